The lowest BCUT2D eigenvalue weighted by Gasteiger charge is -2.06. The molecular weight excluding hydrogens is 270 g/mol. The van der Waals surface area contributed by atoms with Crippen LogP contribution in [0.5, 0.6) is 0 Å². The summed E-state index contributed by atoms with van der Waals surface area (Å²) in [5, 5.41) is 2.65. The van der Waals surface area contributed by atoms with Crippen LogP contribution in [0, 0.1) is 13.8 Å². The predicted octanol–water partition coefficient (Wildman–Crippen LogP) is 1.92. The summed E-state index contributed by atoms with van der Waals surface area (Å²) in [5.41, 5.74) is 1.75. The molecular formula is C10H11N5OS2. The Kier molecular flexibility index (Phi) is 3.87. The van der Waals surface area contributed by atoms with Gasteiger partial charge in [-0.25, -0.2) is 9.97 Å². The second-order valence-corrected chi connectivity index (χ2v) is 5.27. The smallest absolute Gasteiger partial charge is 0.261 e. The third-order valence-corrected chi connectivity index (χ3v) is 3.94. The maximum Gasteiger partial charge on any atom is 0.261 e. The second kappa shape index (κ2) is 5.40. The van der Waals surface area contributed by atoms with E-state index in [0.717, 1.165) is 4.34 Å². The quantitative estimate of drug-likeness (QED) is 0.866. The average molecular weight is 281 g/mol. The van der Waals surface area contributed by atoms with Crippen molar-refractivity contribution in [2.45, 2.75) is 18.2 Å². The van der Waals surface area contributed by atoms with Crippen LogP contribution in [-0.2, 0) is 0 Å². The standard InChI is InChI=1S/C10H11N5OS2/c1-5-7(6(2)12-4-11-5)8(16)13-9-14-10(17-3)18-15-9/h4H,1-3H3,(H,13,15,16). The van der Waals surface area contributed by atoms with E-state index < -0.39 is 0 Å². The molecule has 0 aliphatic carbocycles. The van der Waals surface area contributed by atoms with Crippen LogP contribution in [0.25, 0.3) is 0 Å². The second-order valence-electron chi connectivity index (χ2n) is 3.46. The first-order chi connectivity index (χ1) is 8.61. The van der Waals surface area contributed by atoms with Gasteiger partial charge in [0.05, 0.1) is 17.0 Å². The Morgan fingerprint density at radius 2 is 2.00 bits per heavy atom. The molecule has 0 aliphatic heterocycles. The van der Waals surface area contributed by atoms with Crippen molar-refractivity contribution in [1.82, 2.24) is 19.3 Å². The molecule has 0 atom stereocenters. The van der Waals surface area contributed by atoms with Gasteiger partial charge < -0.3 is 0 Å². The first kappa shape index (κ1) is 12.9. The zero-order chi connectivity index (χ0) is 13.1. The number of rotatable bonds is 3. The Morgan fingerprint density at radius 3 is 2.56 bits per heavy atom. The molecule has 2 heterocycles. The summed E-state index contributed by atoms with van der Waals surface area (Å²) in [6, 6.07) is 0. The van der Waals surface area contributed by atoms with Crippen molar-refractivity contribution in [3.8, 4) is 0 Å². The van der Waals surface area contributed by atoms with Gasteiger partial charge in [0.1, 0.15) is 6.33 Å². The predicted molar refractivity (Wildman–Crippen MR) is 71.1 cm³/mol. The molecule has 8 heteroatoms. The van der Waals surface area contributed by atoms with Gasteiger partial charge in [-0.15, -0.1) is 0 Å². The molecule has 0 saturated heterocycles. The molecule has 94 valence electrons. The fourth-order valence-electron chi connectivity index (χ4n) is 1.43. The highest BCUT2D eigenvalue weighted by molar-refractivity contribution is 8.00. The van der Waals surface area contributed by atoms with Gasteiger partial charge in [-0.3, -0.25) is 10.1 Å². The van der Waals surface area contributed by atoms with Gasteiger partial charge in [-0.05, 0) is 31.6 Å². The lowest BCUT2D eigenvalue weighted by atomic mass is 10.1. The lowest BCUT2D eigenvalue weighted by molar-refractivity contribution is 0.102. The van der Waals surface area contributed by atoms with Gasteiger partial charge in [0.25, 0.3) is 5.91 Å². The first-order valence-electron chi connectivity index (χ1n) is 5.09. The largest absolute Gasteiger partial charge is 0.289 e. The van der Waals surface area contributed by atoms with Crippen molar-refractivity contribution in [2.75, 3.05) is 11.6 Å². The monoisotopic (exact) mass is 281 g/mol. The van der Waals surface area contributed by atoms with Crippen molar-refractivity contribution in [1.29, 1.82) is 0 Å². The van der Waals surface area contributed by atoms with Crippen molar-refractivity contribution in [3.63, 3.8) is 0 Å². The minimum absolute atomic E-state index is 0.281. The summed E-state index contributed by atoms with van der Waals surface area (Å²) >= 11 is 2.74. The first-order valence-corrected chi connectivity index (χ1v) is 7.09. The van der Waals surface area contributed by atoms with E-state index in [1.807, 2.05) is 6.26 Å². The maximum absolute atomic E-state index is 12.1. The van der Waals surface area contributed by atoms with Crippen LogP contribution in [0.15, 0.2) is 10.7 Å². The van der Waals surface area contributed by atoms with Crippen molar-refractivity contribution >= 4 is 35.1 Å². The lowest BCUT2D eigenvalue weighted by Crippen LogP contribution is -2.17. The zero-order valence-electron chi connectivity index (χ0n) is 10.1. The third-order valence-electron chi connectivity index (χ3n) is 2.26. The normalized spacial score (nSPS) is 10.4. The van der Waals surface area contributed by atoms with E-state index in [1.165, 1.54) is 29.6 Å². The third kappa shape index (κ3) is 2.65. The van der Waals surface area contributed by atoms with E-state index in [0.29, 0.717) is 22.9 Å². The van der Waals surface area contributed by atoms with Gasteiger partial charge >= 0.3 is 0 Å². The number of amides is 1. The number of thioether (sulfide) groups is 1. The topological polar surface area (TPSA) is 80.7 Å². The van der Waals surface area contributed by atoms with Crippen molar-refractivity contribution in [2.24, 2.45) is 0 Å². The number of nitrogens with one attached hydrogen (secondary N) is 1. The minimum Gasteiger partial charge on any atom is -0.289 e. The molecule has 0 aromatic carbocycles. The Labute approximate surface area is 112 Å². The Balaban J connectivity index is 2.22. The number of hydrogen-bond acceptors (Lipinski definition) is 7. The number of aryl methyl sites for hydroxylation is 2. The fraction of sp³-hybridized carbons (Fsp3) is 0.300. The number of carbonyl (C=O) groups is 1. The summed E-state index contributed by atoms with van der Waals surface area (Å²) in [5.74, 6) is 0.0352. The summed E-state index contributed by atoms with van der Waals surface area (Å²) in [7, 11) is 0. The van der Waals surface area contributed by atoms with Crippen LogP contribution in [-0.4, -0.2) is 31.5 Å². The van der Waals surface area contributed by atoms with Gasteiger partial charge in [0, 0.05) is 0 Å². The molecule has 2 rings (SSSR count). The fourth-order valence-corrected chi connectivity index (χ4v) is 2.39. The molecule has 0 unspecified atom stereocenters. The summed E-state index contributed by atoms with van der Waals surface area (Å²) in [6.45, 7) is 3.54. The summed E-state index contributed by atoms with van der Waals surface area (Å²) in [4.78, 5) is 24.3. The molecule has 0 aliphatic rings. The molecule has 1 amide bonds. The van der Waals surface area contributed by atoms with E-state index in [1.54, 1.807) is 13.8 Å². The van der Waals surface area contributed by atoms with E-state index in [9.17, 15) is 4.79 Å². The minimum atomic E-state index is -0.281. The number of nitrogens with zero attached hydrogens (tertiary/aromatic N) is 4. The van der Waals surface area contributed by atoms with Crippen LogP contribution in [0.3, 0.4) is 0 Å². The molecule has 0 spiro atoms. The van der Waals surface area contributed by atoms with Gasteiger partial charge in [0.15, 0.2) is 4.34 Å². The van der Waals surface area contributed by atoms with E-state index in [2.05, 4.69) is 24.6 Å². The van der Waals surface area contributed by atoms with E-state index in [4.69, 9.17) is 0 Å². The molecule has 18 heavy (non-hydrogen) atoms. The zero-order valence-corrected chi connectivity index (χ0v) is 11.7. The molecule has 0 radical (unpaired) electrons. The van der Waals surface area contributed by atoms with Crippen LogP contribution >= 0.6 is 23.3 Å². The highest BCUT2D eigenvalue weighted by atomic mass is 32.2. The van der Waals surface area contributed by atoms with E-state index >= 15 is 0 Å². The number of aromatic nitrogens is 4. The highest BCUT2D eigenvalue weighted by Gasteiger charge is 2.16. The summed E-state index contributed by atoms with van der Waals surface area (Å²) in [6.07, 6.45) is 3.35. The van der Waals surface area contributed by atoms with Gasteiger partial charge in [-0.2, -0.15) is 9.36 Å². The molecule has 1 N–H and O–H groups in total. The van der Waals surface area contributed by atoms with Crippen molar-refractivity contribution in [3.05, 3.63) is 23.3 Å². The maximum atomic E-state index is 12.1. The van der Waals surface area contributed by atoms with Crippen molar-refractivity contribution < 1.29 is 4.79 Å². The van der Waals surface area contributed by atoms with Crippen LogP contribution in [0.1, 0.15) is 21.7 Å². The molecule has 0 saturated carbocycles. The highest BCUT2D eigenvalue weighted by Crippen LogP contribution is 2.19. The molecule has 2 aromatic rings. The average Bonchev–Trinajstić information content (AvgIpc) is 2.76. The number of carbonyl (C=O) groups excluding carboxylic acids is 1. The Bertz CT molecular complexity index is 563. The Morgan fingerprint density at radius 1 is 1.33 bits per heavy atom. The number of anilines is 1. The number of hydrogen-bond donors (Lipinski definition) is 1. The van der Waals surface area contributed by atoms with Gasteiger partial charge in [0.2, 0.25) is 5.95 Å². The molecule has 0 bridgehead atoms. The van der Waals surface area contributed by atoms with Crippen LogP contribution in [0.4, 0.5) is 5.95 Å². The van der Waals surface area contributed by atoms with Crippen LogP contribution < -0.4 is 5.32 Å². The van der Waals surface area contributed by atoms with E-state index in [-0.39, 0.29) is 5.91 Å². The molecule has 0 fully saturated rings. The summed E-state index contributed by atoms with van der Waals surface area (Å²) < 4.78 is 4.86. The molecule has 6 nitrogen and oxygen atoms in total. The molecule has 2 aromatic heterocycles. The Hall–Kier alpha value is -1.54. The SMILES string of the molecule is CSc1nc(NC(=O)c2c(C)ncnc2C)ns1. The van der Waals surface area contributed by atoms with Gasteiger partial charge in [-0.1, -0.05) is 11.8 Å². The van der Waals surface area contributed by atoms with Crippen LogP contribution in [0.2, 0.25) is 0 Å².